The first-order valence-electron chi connectivity index (χ1n) is 7.15. The first-order valence-corrected chi connectivity index (χ1v) is 7.53. The van der Waals surface area contributed by atoms with E-state index in [1.165, 1.54) is 6.33 Å². The van der Waals surface area contributed by atoms with Gasteiger partial charge in [0.1, 0.15) is 17.3 Å². The Balaban J connectivity index is 2.46. The Kier molecular flexibility index (Phi) is 5.00. The molecule has 0 radical (unpaired) electrons. The van der Waals surface area contributed by atoms with Gasteiger partial charge in [-0.05, 0) is 26.9 Å². The number of hydrogen-bond acceptors (Lipinski definition) is 5. The summed E-state index contributed by atoms with van der Waals surface area (Å²) in [5.74, 6) is 2.06. The van der Waals surface area contributed by atoms with Crippen LogP contribution in [0.5, 0.6) is 0 Å². The summed E-state index contributed by atoms with van der Waals surface area (Å²) in [7, 11) is 4.15. The van der Waals surface area contributed by atoms with Crippen LogP contribution < -0.4 is 4.90 Å². The molecule has 2 heterocycles. The van der Waals surface area contributed by atoms with Crippen LogP contribution in [0.1, 0.15) is 19.4 Å². The Labute approximate surface area is 130 Å². The third-order valence-electron chi connectivity index (χ3n) is 3.28. The van der Waals surface area contributed by atoms with Crippen molar-refractivity contribution in [3.05, 3.63) is 17.0 Å². The number of fused-ring (bicyclic) bond motifs is 1. The van der Waals surface area contributed by atoms with Crippen LogP contribution in [0, 0.1) is 12.8 Å². The van der Waals surface area contributed by atoms with Gasteiger partial charge in [0.25, 0.3) is 5.78 Å². The predicted molar refractivity (Wildman–Crippen MR) is 86.1 cm³/mol. The van der Waals surface area contributed by atoms with Gasteiger partial charge in [0.15, 0.2) is 0 Å². The summed E-state index contributed by atoms with van der Waals surface area (Å²) in [4.78, 5) is 12.9. The highest BCUT2D eigenvalue weighted by atomic mass is 35.5. The third kappa shape index (κ3) is 3.63. The fourth-order valence-electron chi connectivity index (χ4n) is 2.30. The predicted octanol–water partition coefficient (Wildman–Crippen LogP) is 2.11. The van der Waals surface area contributed by atoms with E-state index in [-0.39, 0.29) is 0 Å². The average Bonchev–Trinajstić information content (AvgIpc) is 2.83. The topological polar surface area (TPSA) is 49.6 Å². The molecule has 2 aromatic rings. The minimum absolute atomic E-state index is 0.490. The summed E-state index contributed by atoms with van der Waals surface area (Å²) in [6, 6.07) is 0. The van der Waals surface area contributed by atoms with E-state index in [0.29, 0.717) is 16.8 Å². The Morgan fingerprint density at radius 3 is 2.62 bits per heavy atom. The molecule has 0 atom stereocenters. The molecule has 0 unspecified atom stereocenters. The SMILES string of the molecule is Cc1c(Cl)nc2ncnn2c1N(CCN(C)C)CC(C)C. The molecule has 0 aromatic carbocycles. The smallest absolute Gasteiger partial charge is 0.255 e. The highest BCUT2D eigenvalue weighted by molar-refractivity contribution is 6.30. The van der Waals surface area contributed by atoms with Gasteiger partial charge in [0.2, 0.25) is 0 Å². The van der Waals surface area contributed by atoms with Crippen LogP contribution >= 0.6 is 11.6 Å². The average molecular weight is 311 g/mol. The molecule has 0 aliphatic rings. The zero-order valence-corrected chi connectivity index (χ0v) is 14.1. The van der Waals surface area contributed by atoms with Crippen molar-refractivity contribution >= 4 is 23.2 Å². The molecular weight excluding hydrogens is 288 g/mol. The molecule has 0 bridgehead atoms. The monoisotopic (exact) mass is 310 g/mol. The van der Waals surface area contributed by atoms with Crippen LogP contribution in [-0.4, -0.2) is 58.2 Å². The Morgan fingerprint density at radius 1 is 1.29 bits per heavy atom. The largest absolute Gasteiger partial charge is 0.355 e. The van der Waals surface area contributed by atoms with E-state index in [9.17, 15) is 0 Å². The molecule has 6 nitrogen and oxygen atoms in total. The van der Waals surface area contributed by atoms with Crippen molar-refractivity contribution in [3.63, 3.8) is 0 Å². The standard InChI is InChI=1S/C14H23ClN6/c1-10(2)8-20(7-6-19(4)5)13-11(3)12(15)18-14-16-9-17-21(13)14/h9-10H,6-8H2,1-5H3. The fourth-order valence-corrected chi connectivity index (χ4v) is 2.46. The van der Waals surface area contributed by atoms with E-state index in [2.05, 4.69) is 52.8 Å². The number of anilines is 1. The van der Waals surface area contributed by atoms with Crippen molar-refractivity contribution in [1.29, 1.82) is 0 Å². The van der Waals surface area contributed by atoms with Gasteiger partial charge in [-0.25, -0.2) is 0 Å². The van der Waals surface area contributed by atoms with Gasteiger partial charge in [0.05, 0.1) is 0 Å². The molecule has 0 fully saturated rings. The Bertz CT molecular complexity index is 607. The van der Waals surface area contributed by atoms with E-state index in [1.807, 2.05) is 6.92 Å². The Morgan fingerprint density at radius 2 is 2.00 bits per heavy atom. The second-order valence-corrected chi connectivity index (χ2v) is 6.32. The molecule has 0 aliphatic carbocycles. The fraction of sp³-hybridized carbons (Fsp3) is 0.643. The van der Waals surface area contributed by atoms with Crippen LogP contribution in [-0.2, 0) is 0 Å². The molecule has 0 saturated carbocycles. The molecule has 21 heavy (non-hydrogen) atoms. The highest BCUT2D eigenvalue weighted by Crippen LogP contribution is 2.26. The summed E-state index contributed by atoms with van der Waals surface area (Å²) >= 11 is 6.26. The van der Waals surface area contributed by atoms with E-state index in [1.54, 1.807) is 4.52 Å². The van der Waals surface area contributed by atoms with Gasteiger partial charge in [-0.15, -0.1) is 0 Å². The summed E-state index contributed by atoms with van der Waals surface area (Å²) in [6.45, 7) is 9.20. The van der Waals surface area contributed by atoms with Gasteiger partial charge in [0, 0.05) is 25.2 Å². The van der Waals surface area contributed by atoms with Crippen molar-refractivity contribution in [3.8, 4) is 0 Å². The van der Waals surface area contributed by atoms with Crippen molar-refractivity contribution in [1.82, 2.24) is 24.5 Å². The highest BCUT2D eigenvalue weighted by Gasteiger charge is 2.19. The molecule has 0 saturated heterocycles. The van der Waals surface area contributed by atoms with E-state index < -0.39 is 0 Å². The van der Waals surface area contributed by atoms with Gasteiger partial charge >= 0.3 is 0 Å². The normalized spacial score (nSPS) is 11.8. The van der Waals surface area contributed by atoms with Crippen LogP contribution in [0.3, 0.4) is 0 Å². The molecule has 2 aromatic heterocycles. The lowest BCUT2D eigenvalue weighted by atomic mass is 10.2. The van der Waals surface area contributed by atoms with Gasteiger partial charge in [-0.3, -0.25) is 0 Å². The van der Waals surface area contributed by atoms with Crippen molar-refractivity contribution in [2.45, 2.75) is 20.8 Å². The molecule has 116 valence electrons. The third-order valence-corrected chi connectivity index (χ3v) is 3.64. The van der Waals surface area contributed by atoms with Crippen LogP contribution in [0.25, 0.3) is 5.78 Å². The second kappa shape index (κ2) is 6.58. The summed E-state index contributed by atoms with van der Waals surface area (Å²) in [6.07, 6.45) is 1.51. The van der Waals surface area contributed by atoms with E-state index in [0.717, 1.165) is 31.0 Å². The quantitative estimate of drug-likeness (QED) is 0.765. The maximum absolute atomic E-state index is 6.26. The zero-order valence-electron chi connectivity index (χ0n) is 13.3. The molecule has 2 rings (SSSR count). The molecule has 0 amide bonds. The van der Waals surface area contributed by atoms with Crippen LogP contribution in [0.4, 0.5) is 5.82 Å². The Hall–Kier alpha value is -1.40. The van der Waals surface area contributed by atoms with Crippen molar-refractivity contribution in [2.24, 2.45) is 5.92 Å². The van der Waals surface area contributed by atoms with Crippen molar-refractivity contribution in [2.75, 3.05) is 38.6 Å². The van der Waals surface area contributed by atoms with Gasteiger partial charge in [-0.2, -0.15) is 19.6 Å². The summed E-state index contributed by atoms with van der Waals surface area (Å²) in [5, 5.41) is 4.79. The number of halogens is 1. The molecule has 0 spiro atoms. The molecule has 7 heteroatoms. The second-order valence-electron chi connectivity index (χ2n) is 5.97. The maximum Gasteiger partial charge on any atom is 0.255 e. The lowest BCUT2D eigenvalue weighted by Gasteiger charge is -2.29. The lowest BCUT2D eigenvalue weighted by molar-refractivity contribution is 0.407. The number of aromatic nitrogens is 4. The number of likely N-dealkylation sites (N-methyl/N-ethyl adjacent to an activating group) is 1. The van der Waals surface area contributed by atoms with Crippen LogP contribution in [0.2, 0.25) is 5.15 Å². The molecule has 0 N–H and O–H groups in total. The first kappa shape index (κ1) is 16.0. The zero-order chi connectivity index (χ0) is 15.6. The van der Waals surface area contributed by atoms with E-state index >= 15 is 0 Å². The summed E-state index contributed by atoms with van der Waals surface area (Å²) < 4.78 is 1.78. The molecular formula is C14H23ClN6. The van der Waals surface area contributed by atoms with Gasteiger partial charge in [-0.1, -0.05) is 25.4 Å². The maximum atomic E-state index is 6.26. The number of hydrogen-bond donors (Lipinski definition) is 0. The lowest BCUT2D eigenvalue weighted by Crippen LogP contribution is -2.36. The van der Waals surface area contributed by atoms with Crippen molar-refractivity contribution < 1.29 is 0 Å². The number of rotatable bonds is 6. The van der Waals surface area contributed by atoms with E-state index in [4.69, 9.17) is 11.6 Å². The minimum atomic E-state index is 0.490. The van der Waals surface area contributed by atoms with Crippen LogP contribution in [0.15, 0.2) is 6.33 Å². The summed E-state index contributed by atoms with van der Waals surface area (Å²) in [5.41, 5.74) is 0.939. The molecule has 0 aliphatic heterocycles. The van der Waals surface area contributed by atoms with Gasteiger partial charge < -0.3 is 9.80 Å². The first-order chi connectivity index (χ1) is 9.90. The minimum Gasteiger partial charge on any atom is -0.355 e. The number of nitrogens with zero attached hydrogens (tertiary/aromatic N) is 6.